The number of methoxy groups -OCH3 is 2. The number of nitrogens with zero attached hydrogens (tertiary/aromatic N) is 1. The van der Waals surface area contributed by atoms with Gasteiger partial charge in [0.25, 0.3) is 11.8 Å². The lowest BCUT2D eigenvalue weighted by Crippen LogP contribution is -2.32. The van der Waals surface area contributed by atoms with Crippen molar-refractivity contribution in [1.82, 2.24) is 0 Å². The maximum Gasteiger partial charge on any atom is 0.282 e. The number of ether oxygens (including phenoxy) is 2. The molecule has 162 valence electrons. The van der Waals surface area contributed by atoms with E-state index in [1.54, 1.807) is 61.7 Å². The van der Waals surface area contributed by atoms with Crippen LogP contribution in [0.25, 0.3) is 5.57 Å². The largest absolute Gasteiger partial charge is 0.497 e. The average Bonchev–Trinajstić information content (AvgIpc) is 3.05. The number of benzene rings is 3. The van der Waals surface area contributed by atoms with Gasteiger partial charge in [0.05, 0.1) is 25.5 Å². The zero-order valence-electron chi connectivity index (χ0n) is 17.8. The monoisotopic (exact) mass is 448 g/mol. The molecule has 0 unspecified atom stereocenters. The van der Waals surface area contributed by atoms with E-state index in [2.05, 4.69) is 5.32 Å². The molecule has 0 radical (unpaired) electrons. The van der Waals surface area contributed by atoms with Crippen LogP contribution < -0.4 is 19.7 Å². The Kier molecular flexibility index (Phi) is 5.88. The topological polar surface area (TPSA) is 67.9 Å². The van der Waals surface area contributed by atoms with Gasteiger partial charge < -0.3 is 14.8 Å². The van der Waals surface area contributed by atoms with Gasteiger partial charge in [0.1, 0.15) is 17.2 Å². The lowest BCUT2D eigenvalue weighted by atomic mass is 10.0. The van der Waals surface area contributed by atoms with Gasteiger partial charge in [-0.2, -0.15) is 0 Å². The third-order valence-corrected chi connectivity index (χ3v) is 5.64. The molecule has 0 bridgehead atoms. The minimum atomic E-state index is -0.474. The van der Waals surface area contributed by atoms with Crippen molar-refractivity contribution in [3.05, 3.63) is 88.6 Å². The molecule has 0 spiro atoms. The molecular weight excluding hydrogens is 428 g/mol. The van der Waals surface area contributed by atoms with E-state index in [0.717, 1.165) is 10.5 Å². The van der Waals surface area contributed by atoms with Crippen LogP contribution in [0.4, 0.5) is 11.4 Å². The Labute approximate surface area is 191 Å². The fourth-order valence-electron chi connectivity index (χ4n) is 3.53. The van der Waals surface area contributed by atoms with Crippen molar-refractivity contribution in [3.63, 3.8) is 0 Å². The number of amides is 2. The Morgan fingerprint density at radius 3 is 2.25 bits per heavy atom. The molecule has 0 aliphatic carbocycles. The van der Waals surface area contributed by atoms with Gasteiger partial charge in [-0.1, -0.05) is 35.9 Å². The van der Waals surface area contributed by atoms with E-state index in [0.29, 0.717) is 33.5 Å². The summed E-state index contributed by atoms with van der Waals surface area (Å²) in [5.41, 5.74) is 2.83. The predicted octanol–water partition coefficient (Wildman–Crippen LogP) is 5.06. The van der Waals surface area contributed by atoms with E-state index in [1.165, 1.54) is 7.11 Å². The number of anilines is 2. The first-order valence-corrected chi connectivity index (χ1v) is 10.3. The summed E-state index contributed by atoms with van der Waals surface area (Å²) in [6.07, 6.45) is 0. The number of imide groups is 1. The van der Waals surface area contributed by atoms with E-state index in [9.17, 15) is 9.59 Å². The van der Waals surface area contributed by atoms with E-state index >= 15 is 0 Å². The molecule has 0 saturated carbocycles. The molecule has 6 nitrogen and oxygen atoms in total. The smallest absolute Gasteiger partial charge is 0.282 e. The van der Waals surface area contributed by atoms with E-state index in [4.69, 9.17) is 21.1 Å². The zero-order valence-corrected chi connectivity index (χ0v) is 18.6. The highest BCUT2D eigenvalue weighted by Gasteiger charge is 2.41. The van der Waals surface area contributed by atoms with Crippen molar-refractivity contribution < 1.29 is 19.1 Å². The normalized spacial score (nSPS) is 13.6. The van der Waals surface area contributed by atoms with E-state index < -0.39 is 11.8 Å². The number of halogens is 1. The highest BCUT2D eigenvalue weighted by molar-refractivity contribution is 6.46. The minimum Gasteiger partial charge on any atom is -0.497 e. The maximum atomic E-state index is 13.6. The van der Waals surface area contributed by atoms with Crippen LogP contribution in [0.3, 0.4) is 0 Å². The van der Waals surface area contributed by atoms with Crippen LogP contribution in [-0.2, 0) is 9.59 Å². The second kappa shape index (κ2) is 8.77. The quantitative estimate of drug-likeness (QED) is 0.534. The summed E-state index contributed by atoms with van der Waals surface area (Å²) in [7, 11) is 3.08. The molecule has 0 fully saturated rings. The van der Waals surface area contributed by atoms with Crippen LogP contribution in [0.1, 0.15) is 11.1 Å². The fraction of sp³-hybridized carbons (Fsp3) is 0.120. The molecule has 1 heterocycles. The molecule has 0 aromatic heterocycles. The van der Waals surface area contributed by atoms with Crippen LogP contribution in [0.15, 0.2) is 72.4 Å². The Balaban J connectivity index is 1.84. The maximum absolute atomic E-state index is 13.6. The van der Waals surface area contributed by atoms with Crippen molar-refractivity contribution in [2.75, 3.05) is 24.4 Å². The Morgan fingerprint density at radius 1 is 0.875 bits per heavy atom. The number of rotatable bonds is 6. The summed E-state index contributed by atoms with van der Waals surface area (Å²) in [4.78, 5) is 28.2. The van der Waals surface area contributed by atoms with Crippen LogP contribution in [-0.4, -0.2) is 26.0 Å². The first kappa shape index (κ1) is 21.5. The molecule has 0 atom stereocenters. The van der Waals surface area contributed by atoms with Gasteiger partial charge in [0.2, 0.25) is 0 Å². The number of nitrogens with one attached hydrogen (secondary N) is 1. The lowest BCUT2D eigenvalue weighted by Gasteiger charge is -2.16. The number of carbonyl (C=O) groups is 2. The van der Waals surface area contributed by atoms with Gasteiger partial charge >= 0.3 is 0 Å². The second-order valence-corrected chi connectivity index (χ2v) is 7.59. The molecule has 1 aliphatic rings. The number of hydrogen-bond acceptors (Lipinski definition) is 5. The minimum absolute atomic E-state index is 0.148. The third-order valence-electron chi connectivity index (χ3n) is 5.23. The van der Waals surface area contributed by atoms with E-state index in [1.807, 2.05) is 19.1 Å². The SMILES string of the molecule is COc1ccc(N2C(=O)C(Nc3ccc(C)c(Cl)c3)=C(c3ccccc3OC)C2=O)cc1. The number of hydrogen-bond donors (Lipinski definition) is 1. The highest BCUT2D eigenvalue weighted by Crippen LogP contribution is 2.38. The molecule has 32 heavy (non-hydrogen) atoms. The number of para-hydroxylation sites is 1. The Hall–Kier alpha value is -3.77. The second-order valence-electron chi connectivity index (χ2n) is 7.18. The Morgan fingerprint density at radius 2 is 1.59 bits per heavy atom. The Bertz CT molecular complexity index is 1230. The number of aryl methyl sites for hydroxylation is 1. The highest BCUT2D eigenvalue weighted by atomic mass is 35.5. The summed E-state index contributed by atoms with van der Waals surface area (Å²) in [6, 6.07) is 19.2. The molecule has 1 aliphatic heterocycles. The number of carbonyl (C=O) groups excluding carboxylic acids is 2. The summed E-state index contributed by atoms with van der Waals surface area (Å²) in [6.45, 7) is 1.89. The van der Waals surface area contributed by atoms with Crippen LogP contribution >= 0.6 is 11.6 Å². The van der Waals surface area contributed by atoms with Gasteiger partial charge in [0, 0.05) is 16.3 Å². The van der Waals surface area contributed by atoms with Crippen molar-refractivity contribution in [1.29, 1.82) is 0 Å². The lowest BCUT2D eigenvalue weighted by molar-refractivity contribution is -0.120. The summed E-state index contributed by atoms with van der Waals surface area (Å²) in [5, 5.41) is 3.67. The third kappa shape index (κ3) is 3.81. The standard InChI is InChI=1S/C25H21ClN2O4/c1-15-8-9-16(14-20(15)26)27-23-22(19-6-4-5-7-21(19)32-3)24(29)28(25(23)30)17-10-12-18(31-2)13-11-17/h4-14,27H,1-3H3. The van der Waals surface area contributed by atoms with Crippen molar-refractivity contribution >= 4 is 40.4 Å². The fourth-order valence-corrected chi connectivity index (χ4v) is 3.71. The molecular formula is C25H21ClN2O4. The zero-order chi connectivity index (χ0) is 22.8. The van der Waals surface area contributed by atoms with Crippen LogP contribution in [0.5, 0.6) is 11.5 Å². The first-order valence-electron chi connectivity index (χ1n) is 9.88. The summed E-state index contributed by atoms with van der Waals surface area (Å²) >= 11 is 6.27. The van der Waals surface area contributed by atoms with Crippen molar-refractivity contribution in [3.8, 4) is 11.5 Å². The molecule has 4 rings (SSSR count). The molecule has 0 saturated heterocycles. The summed E-state index contributed by atoms with van der Waals surface area (Å²) in [5.74, 6) is 0.183. The van der Waals surface area contributed by atoms with Crippen LogP contribution in [0, 0.1) is 6.92 Å². The first-order chi connectivity index (χ1) is 15.4. The molecule has 2 amide bonds. The van der Waals surface area contributed by atoms with Gasteiger partial charge in [-0.3, -0.25) is 9.59 Å². The van der Waals surface area contributed by atoms with E-state index in [-0.39, 0.29) is 11.3 Å². The summed E-state index contributed by atoms with van der Waals surface area (Å²) < 4.78 is 10.7. The van der Waals surface area contributed by atoms with Crippen molar-refractivity contribution in [2.45, 2.75) is 6.92 Å². The van der Waals surface area contributed by atoms with Gasteiger partial charge in [-0.15, -0.1) is 0 Å². The molecule has 1 N–H and O–H groups in total. The molecule has 7 heteroatoms. The van der Waals surface area contributed by atoms with Gasteiger partial charge in [-0.25, -0.2) is 4.90 Å². The van der Waals surface area contributed by atoms with Gasteiger partial charge in [-0.05, 0) is 55.0 Å². The van der Waals surface area contributed by atoms with Crippen molar-refractivity contribution in [2.24, 2.45) is 0 Å². The molecule has 3 aromatic rings. The van der Waals surface area contributed by atoms with Crippen LogP contribution in [0.2, 0.25) is 5.02 Å². The average molecular weight is 449 g/mol. The molecule has 3 aromatic carbocycles. The predicted molar refractivity (Wildman–Crippen MR) is 125 cm³/mol. The van der Waals surface area contributed by atoms with Gasteiger partial charge in [0.15, 0.2) is 0 Å².